The summed E-state index contributed by atoms with van der Waals surface area (Å²) >= 11 is 5.82. The van der Waals surface area contributed by atoms with E-state index in [9.17, 15) is 0 Å². The van der Waals surface area contributed by atoms with E-state index >= 15 is 0 Å². The van der Waals surface area contributed by atoms with Gasteiger partial charge in [0, 0.05) is 31.7 Å². The Bertz CT molecular complexity index is 822. The first-order valence-electron chi connectivity index (χ1n) is 9.43. The zero-order chi connectivity index (χ0) is 20.0. The van der Waals surface area contributed by atoms with Crippen LogP contribution in [-0.4, -0.2) is 44.3 Å². The zero-order valence-electron chi connectivity index (χ0n) is 16.6. The number of halogens is 1. The summed E-state index contributed by atoms with van der Waals surface area (Å²) in [6, 6.07) is 9.94. The van der Waals surface area contributed by atoms with Crippen molar-refractivity contribution in [1.29, 1.82) is 0 Å². The number of hydrogen-bond donors (Lipinski definition) is 2. The van der Waals surface area contributed by atoms with Gasteiger partial charge in [-0.05, 0) is 35.7 Å². The normalized spacial score (nSPS) is 13.9. The number of nitrogens with zero attached hydrogens (tertiary/aromatic N) is 2. The Morgan fingerprint density at radius 3 is 2.64 bits per heavy atom. The molecule has 2 heterocycles. The van der Waals surface area contributed by atoms with Crippen LogP contribution < -0.4 is 20.1 Å². The minimum atomic E-state index is -0.104. The third kappa shape index (κ3) is 5.29. The molecule has 0 unspecified atom stereocenters. The highest BCUT2D eigenvalue weighted by Crippen LogP contribution is 2.34. The van der Waals surface area contributed by atoms with Crippen molar-refractivity contribution in [1.82, 2.24) is 15.6 Å². The molecule has 2 aromatic rings. The minimum absolute atomic E-state index is 0.104. The predicted octanol–water partition coefficient (Wildman–Crippen LogP) is 3.19. The maximum atomic E-state index is 5.82. The predicted molar refractivity (Wildman–Crippen MR) is 113 cm³/mol. The van der Waals surface area contributed by atoms with Crippen molar-refractivity contribution in [2.75, 3.05) is 33.4 Å². The number of guanidine groups is 1. The Balaban J connectivity index is 1.52. The molecule has 0 radical (unpaired) electrons. The molecule has 1 aromatic carbocycles. The van der Waals surface area contributed by atoms with Gasteiger partial charge >= 0.3 is 0 Å². The fourth-order valence-corrected chi connectivity index (χ4v) is 3.08. The molecule has 0 atom stereocenters. The second-order valence-corrected chi connectivity index (χ2v) is 7.72. The molecule has 0 aliphatic carbocycles. The van der Waals surface area contributed by atoms with Crippen molar-refractivity contribution in [3.63, 3.8) is 0 Å². The van der Waals surface area contributed by atoms with Crippen LogP contribution in [-0.2, 0) is 11.8 Å². The van der Waals surface area contributed by atoms with Gasteiger partial charge in [0.1, 0.15) is 18.4 Å². The lowest BCUT2D eigenvalue weighted by Gasteiger charge is -2.28. The van der Waals surface area contributed by atoms with Crippen molar-refractivity contribution < 1.29 is 9.47 Å². The quantitative estimate of drug-likeness (QED) is 0.441. The maximum Gasteiger partial charge on any atom is 0.191 e. The monoisotopic (exact) mass is 402 g/mol. The van der Waals surface area contributed by atoms with Crippen molar-refractivity contribution >= 4 is 17.6 Å². The maximum absolute atomic E-state index is 5.82. The van der Waals surface area contributed by atoms with Gasteiger partial charge in [0.25, 0.3) is 0 Å². The Morgan fingerprint density at radius 1 is 1.14 bits per heavy atom. The average Bonchev–Trinajstić information content (AvgIpc) is 2.71. The Morgan fingerprint density at radius 2 is 1.93 bits per heavy atom. The minimum Gasteiger partial charge on any atom is -0.486 e. The van der Waals surface area contributed by atoms with Gasteiger partial charge in [0.15, 0.2) is 17.5 Å². The molecule has 0 fully saturated rings. The second-order valence-electron chi connectivity index (χ2n) is 7.33. The highest BCUT2D eigenvalue weighted by molar-refractivity contribution is 6.29. The number of pyridine rings is 1. The summed E-state index contributed by atoms with van der Waals surface area (Å²) in [6.45, 7) is 7.07. The molecule has 150 valence electrons. The van der Waals surface area contributed by atoms with Crippen LogP contribution in [0.25, 0.3) is 0 Å². The van der Waals surface area contributed by atoms with E-state index in [0.29, 0.717) is 18.4 Å². The molecule has 0 bridgehead atoms. The number of fused-ring (bicyclic) bond motifs is 1. The summed E-state index contributed by atoms with van der Waals surface area (Å²) in [6.07, 6.45) is 2.64. The zero-order valence-corrected chi connectivity index (χ0v) is 17.3. The van der Waals surface area contributed by atoms with Crippen molar-refractivity contribution in [2.45, 2.75) is 25.7 Å². The first-order valence-corrected chi connectivity index (χ1v) is 9.81. The van der Waals surface area contributed by atoms with Crippen molar-refractivity contribution in [2.24, 2.45) is 4.99 Å². The van der Waals surface area contributed by atoms with Crippen LogP contribution >= 0.6 is 11.6 Å². The van der Waals surface area contributed by atoms with E-state index in [1.807, 2.05) is 12.1 Å². The summed E-state index contributed by atoms with van der Waals surface area (Å²) in [5.74, 6) is 2.40. The van der Waals surface area contributed by atoms with Crippen LogP contribution in [0.2, 0.25) is 5.15 Å². The third-order valence-corrected chi connectivity index (χ3v) is 4.96. The van der Waals surface area contributed by atoms with Gasteiger partial charge in [0.05, 0.1) is 0 Å². The van der Waals surface area contributed by atoms with Gasteiger partial charge in [-0.25, -0.2) is 4.98 Å². The molecule has 1 aliphatic heterocycles. The van der Waals surface area contributed by atoms with E-state index < -0.39 is 0 Å². The SMILES string of the molecule is CN=C(NCCc1ccc(Cl)nc1)NCC(C)(C)c1ccc2c(c1)OCCO2. The molecule has 0 saturated heterocycles. The van der Waals surface area contributed by atoms with Crippen LogP contribution in [0, 0.1) is 0 Å². The number of rotatable bonds is 6. The van der Waals surface area contributed by atoms with E-state index in [1.165, 1.54) is 5.56 Å². The Kier molecular flexibility index (Phi) is 6.62. The van der Waals surface area contributed by atoms with E-state index in [4.69, 9.17) is 21.1 Å². The van der Waals surface area contributed by atoms with E-state index in [1.54, 1.807) is 19.3 Å². The molecule has 0 saturated carbocycles. The number of aliphatic imine (C=N–C) groups is 1. The van der Waals surface area contributed by atoms with Crippen LogP contribution in [0.3, 0.4) is 0 Å². The number of nitrogens with one attached hydrogen (secondary N) is 2. The lowest BCUT2D eigenvalue weighted by molar-refractivity contribution is 0.171. The molecule has 1 aliphatic rings. The van der Waals surface area contributed by atoms with Gasteiger partial charge in [0.2, 0.25) is 0 Å². The lowest BCUT2D eigenvalue weighted by Crippen LogP contribution is -2.44. The van der Waals surface area contributed by atoms with Crippen LogP contribution in [0.15, 0.2) is 41.5 Å². The number of benzene rings is 1. The number of aromatic nitrogens is 1. The highest BCUT2D eigenvalue weighted by Gasteiger charge is 2.23. The summed E-state index contributed by atoms with van der Waals surface area (Å²) in [5, 5.41) is 7.26. The Hall–Kier alpha value is -2.47. The van der Waals surface area contributed by atoms with E-state index in [2.05, 4.69) is 46.6 Å². The molecule has 1 aromatic heterocycles. The summed E-state index contributed by atoms with van der Waals surface area (Å²) < 4.78 is 11.3. The van der Waals surface area contributed by atoms with Gasteiger partial charge in [-0.2, -0.15) is 0 Å². The standard InChI is InChI=1S/C21H27ClN4O2/c1-21(2,16-5-6-17-18(12-16)28-11-10-27-17)14-26-20(23-3)24-9-8-15-4-7-19(22)25-13-15/h4-7,12-13H,8-11,14H2,1-3H3,(H2,23,24,26). The van der Waals surface area contributed by atoms with Crippen LogP contribution in [0.1, 0.15) is 25.0 Å². The molecule has 6 nitrogen and oxygen atoms in total. The number of ether oxygens (including phenoxy) is 2. The average molecular weight is 403 g/mol. The van der Waals surface area contributed by atoms with Crippen LogP contribution in [0.4, 0.5) is 0 Å². The molecular formula is C21H27ClN4O2. The number of hydrogen-bond acceptors (Lipinski definition) is 4. The third-order valence-electron chi connectivity index (χ3n) is 4.74. The van der Waals surface area contributed by atoms with E-state index in [-0.39, 0.29) is 5.41 Å². The molecule has 3 rings (SSSR count). The first-order chi connectivity index (χ1) is 13.5. The van der Waals surface area contributed by atoms with Gasteiger partial charge in [-0.15, -0.1) is 0 Å². The largest absolute Gasteiger partial charge is 0.486 e. The van der Waals surface area contributed by atoms with E-state index in [0.717, 1.165) is 42.5 Å². The van der Waals surface area contributed by atoms with Gasteiger partial charge < -0.3 is 20.1 Å². The molecule has 28 heavy (non-hydrogen) atoms. The van der Waals surface area contributed by atoms with Crippen molar-refractivity contribution in [3.8, 4) is 11.5 Å². The smallest absolute Gasteiger partial charge is 0.191 e. The molecule has 7 heteroatoms. The second kappa shape index (κ2) is 9.15. The molecular weight excluding hydrogens is 376 g/mol. The molecule has 0 amide bonds. The first kappa shape index (κ1) is 20.3. The Labute approximate surface area is 171 Å². The highest BCUT2D eigenvalue weighted by atomic mass is 35.5. The lowest BCUT2D eigenvalue weighted by atomic mass is 9.84. The molecule has 0 spiro atoms. The summed E-state index contributed by atoms with van der Waals surface area (Å²) in [4.78, 5) is 8.42. The fourth-order valence-electron chi connectivity index (χ4n) is 2.97. The fraction of sp³-hybridized carbons (Fsp3) is 0.429. The van der Waals surface area contributed by atoms with Crippen LogP contribution in [0.5, 0.6) is 11.5 Å². The topological polar surface area (TPSA) is 67.8 Å². The van der Waals surface area contributed by atoms with Gasteiger partial charge in [-0.3, -0.25) is 4.99 Å². The van der Waals surface area contributed by atoms with Crippen molar-refractivity contribution in [3.05, 3.63) is 52.8 Å². The summed E-state index contributed by atoms with van der Waals surface area (Å²) in [5.41, 5.74) is 2.21. The van der Waals surface area contributed by atoms with Gasteiger partial charge in [-0.1, -0.05) is 37.6 Å². The summed E-state index contributed by atoms with van der Waals surface area (Å²) in [7, 11) is 1.77. The molecule has 2 N–H and O–H groups in total.